The van der Waals surface area contributed by atoms with Crippen molar-refractivity contribution in [3.8, 4) is 5.75 Å². The van der Waals surface area contributed by atoms with Gasteiger partial charge < -0.3 is 15.8 Å². The Morgan fingerprint density at radius 2 is 1.68 bits per heavy atom. The number of sulfone groups is 1. The fraction of sp³-hybridized carbons (Fsp3) is 0.613. The zero-order chi connectivity index (χ0) is 27.1. The highest BCUT2D eigenvalue weighted by Crippen LogP contribution is 2.23. The molecule has 0 aliphatic rings. The lowest BCUT2D eigenvalue weighted by atomic mass is 9.99. The molecule has 6 heteroatoms. The predicted octanol–water partition coefficient (Wildman–Crippen LogP) is 6.86. The van der Waals surface area contributed by atoms with Gasteiger partial charge in [0, 0.05) is 12.1 Å². The smallest absolute Gasteiger partial charge is 0.178 e. The zero-order valence-electron chi connectivity index (χ0n) is 23.5. The van der Waals surface area contributed by atoms with Gasteiger partial charge in [0.1, 0.15) is 5.75 Å². The van der Waals surface area contributed by atoms with Gasteiger partial charge in [-0.25, -0.2) is 8.42 Å². The summed E-state index contributed by atoms with van der Waals surface area (Å²) in [5.74, 6) is 1.59. The van der Waals surface area contributed by atoms with Crippen LogP contribution in [0.15, 0.2) is 53.4 Å². The Kier molecular flexibility index (Phi) is 14.3. The average molecular weight is 531 g/mol. The maximum absolute atomic E-state index is 12.9. The lowest BCUT2D eigenvalue weighted by Gasteiger charge is -2.26. The van der Waals surface area contributed by atoms with Crippen LogP contribution in [0.5, 0.6) is 5.75 Å². The number of nitrogens with two attached hydrogens (primary N) is 1. The van der Waals surface area contributed by atoms with E-state index in [0.29, 0.717) is 42.8 Å². The highest BCUT2D eigenvalue weighted by Gasteiger charge is 2.18. The second-order valence-corrected chi connectivity index (χ2v) is 12.7. The molecule has 0 saturated heterocycles. The number of benzene rings is 2. The standard InChI is InChI=1S/C31H50N2O3S/c1-5-7-13-28(14-11-20-32)33-31(6-2)27-16-18-30(19-17-27)37(34,35)22-9-8-21-36-29-15-10-12-26(24-29)23-25(3)4/h10,12,15-19,24-25,28,31,33H,5-9,11,13-14,20-23,32H2,1-4H3. The molecule has 2 aromatic carbocycles. The quantitative estimate of drug-likeness (QED) is 0.194. The summed E-state index contributed by atoms with van der Waals surface area (Å²) in [6.45, 7) is 10.0. The van der Waals surface area contributed by atoms with Crippen molar-refractivity contribution in [3.05, 3.63) is 59.7 Å². The normalized spacial score (nSPS) is 13.6. The maximum Gasteiger partial charge on any atom is 0.178 e. The Balaban J connectivity index is 1.86. The van der Waals surface area contributed by atoms with Crippen LogP contribution >= 0.6 is 0 Å². The van der Waals surface area contributed by atoms with Crippen LogP contribution in [-0.2, 0) is 16.3 Å². The van der Waals surface area contributed by atoms with Gasteiger partial charge in [0.25, 0.3) is 0 Å². The van der Waals surface area contributed by atoms with Gasteiger partial charge in [-0.15, -0.1) is 0 Å². The van der Waals surface area contributed by atoms with Crippen molar-refractivity contribution in [1.82, 2.24) is 5.32 Å². The average Bonchev–Trinajstić information content (AvgIpc) is 2.88. The maximum atomic E-state index is 12.9. The van der Waals surface area contributed by atoms with Crippen LogP contribution in [0.4, 0.5) is 0 Å². The molecule has 0 saturated carbocycles. The summed E-state index contributed by atoms with van der Waals surface area (Å²) in [5.41, 5.74) is 8.16. The van der Waals surface area contributed by atoms with Crippen LogP contribution in [0, 0.1) is 5.92 Å². The first-order valence-electron chi connectivity index (χ1n) is 14.3. The molecule has 0 spiro atoms. The summed E-state index contributed by atoms with van der Waals surface area (Å²) in [5, 5.41) is 3.80. The second kappa shape index (κ2) is 16.8. The van der Waals surface area contributed by atoms with Crippen LogP contribution in [0.25, 0.3) is 0 Å². The van der Waals surface area contributed by atoms with Crippen molar-refractivity contribution in [2.75, 3.05) is 18.9 Å². The third-order valence-corrected chi connectivity index (χ3v) is 8.58. The Morgan fingerprint density at radius 1 is 0.946 bits per heavy atom. The lowest BCUT2D eigenvalue weighted by molar-refractivity contribution is 0.309. The number of unbranched alkanes of at least 4 members (excludes halogenated alkanes) is 2. The molecule has 0 bridgehead atoms. The van der Waals surface area contributed by atoms with E-state index in [0.717, 1.165) is 43.4 Å². The van der Waals surface area contributed by atoms with E-state index < -0.39 is 9.84 Å². The minimum atomic E-state index is -3.31. The minimum Gasteiger partial charge on any atom is -0.494 e. The molecule has 0 aromatic heterocycles. The van der Waals surface area contributed by atoms with Crippen molar-refractivity contribution in [2.24, 2.45) is 11.7 Å². The SMILES string of the molecule is CCCCC(CCCN)NC(CC)c1ccc(S(=O)(=O)CCCCOc2cccc(CC(C)C)c2)cc1. The summed E-state index contributed by atoms with van der Waals surface area (Å²) >= 11 is 0. The van der Waals surface area contributed by atoms with Crippen LogP contribution < -0.4 is 15.8 Å². The predicted molar refractivity (Wildman–Crippen MR) is 156 cm³/mol. The molecule has 2 rings (SSSR count). The van der Waals surface area contributed by atoms with Crippen molar-refractivity contribution < 1.29 is 13.2 Å². The summed E-state index contributed by atoms with van der Waals surface area (Å²) < 4.78 is 31.7. The van der Waals surface area contributed by atoms with Crippen LogP contribution in [-0.4, -0.2) is 33.4 Å². The summed E-state index contributed by atoms with van der Waals surface area (Å²) in [7, 11) is -3.31. The van der Waals surface area contributed by atoms with E-state index in [4.69, 9.17) is 10.5 Å². The van der Waals surface area contributed by atoms with E-state index >= 15 is 0 Å². The third-order valence-electron chi connectivity index (χ3n) is 6.77. The monoisotopic (exact) mass is 530 g/mol. The topological polar surface area (TPSA) is 81.4 Å². The Morgan fingerprint density at radius 3 is 2.32 bits per heavy atom. The molecule has 0 aliphatic heterocycles. The Bertz CT molecular complexity index is 982. The van der Waals surface area contributed by atoms with Crippen molar-refractivity contribution in [2.45, 2.75) is 102 Å². The largest absolute Gasteiger partial charge is 0.494 e. The molecule has 2 atom stereocenters. The fourth-order valence-corrected chi connectivity index (χ4v) is 6.07. The molecule has 37 heavy (non-hydrogen) atoms. The van der Waals surface area contributed by atoms with Crippen LogP contribution in [0.3, 0.4) is 0 Å². The molecule has 0 heterocycles. The molecule has 2 unspecified atom stereocenters. The first kappa shape index (κ1) is 31.3. The third kappa shape index (κ3) is 11.6. The van der Waals surface area contributed by atoms with Gasteiger partial charge >= 0.3 is 0 Å². The van der Waals surface area contributed by atoms with Gasteiger partial charge in [-0.1, -0.05) is 64.8 Å². The van der Waals surface area contributed by atoms with Gasteiger partial charge in [0.05, 0.1) is 17.3 Å². The molecule has 3 N–H and O–H groups in total. The molecule has 208 valence electrons. The van der Waals surface area contributed by atoms with Gasteiger partial charge in [-0.3, -0.25) is 0 Å². The van der Waals surface area contributed by atoms with E-state index in [9.17, 15) is 8.42 Å². The van der Waals surface area contributed by atoms with Gasteiger partial charge in [-0.05, 0) is 92.8 Å². The highest BCUT2D eigenvalue weighted by atomic mass is 32.2. The molecule has 0 radical (unpaired) electrons. The first-order chi connectivity index (χ1) is 17.8. The molecular formula is C31H50N2O3S. The van der Waals surface area contributed by atoms with E-state index in [-0.39, 0.29) is 11.8 Å². The van der Waals surface area contributed by atoms with Gasteiger partial charge in [-0.2, -0.15) is 0 Å². The summed E-state index contributed by atoms with van der Waals surface area (Å²) in [4.78, 5) is 0.402. The zero-order valence-corrected chi connectivity index (χ0v) is 24.4. The van der Waals surface area contributed by atoms with Crippen LogP contribution in [0.2, 0.25) is 0 Å². The number of nitrogens with one attached hydrogen (secondary N) is 1. The first-order valence-corrected chi connectivity index (χ1v) is 15.9. The molecule has 5 nitrogen and oxygen atoms in total. The number of hydrogen-bond acceptors (Lipinski definition) is 5. The van der Waals surface area contributed by atoms with Gasteiger partial charge in [0.2, 0.25) is 0 Å². The highest BCUT2D eigenvalue weighted by molar-refractivity contribution is 7.91. The summed E-state index contributed by atoms with van der Waals surface area (Å²) in [6, 6.07) is 16.3. The number of ether oxygens (including phenoxy) is 1. The van der Waals surface area contributed by atoms with Gasteiger partial charge in [0.15, 0.2) is 9.84 Å². The Hall–Kier alpha value is -1.89. The van der Waals surface area contributed by atoms with Crippen molar-refractivity contribution >= 4 is 9.84 Å². The van der Waals surface area contributed by atoms with Crippen molar-refractivity contribution in [1.29, 1.82) is 0 Å². The van der Waals surface area contributed by atoms with E-state index in [1.54, 1.807) is 12.1 Å². The minimum absolute atomic E-state index is 0.136. The van der Waals surface area contributed by atoms with E-state index in [1.165, 1.54) is 18.4 Å². The number of rotatable bonds is 19. The van der Waals surface area contributed by atoms with Crippen molar-refractivity contribution in [3.63, 3.8) is 0 Å². The van der Waals surface area contributed by atoms with Crippen LogP contribution in [0.1, 0.15) is 96.2 Å². The molecule has 2 aromatic rings. The van der Waals surface area contributed by atoms with E-state index in [1.807, 2.05) is 24.3 Å². The molecular weight excluding hydrogens is 480 g/mol. The van der Waals surface area contributed by atoms with E-state index in [2.05, 4.69) is 45.1 Å². The summed E-state index contributed by atoms with van der Waals surface area (Å²) in [6.07, 6.45) is 8.89. The molecule has 0 fully saturated rings. The second-order valence-electron chi connectivity index (χ2n) is 10.6. The number of hydrogen-bond donors (Lipinski definition) is 2. The Labute approximate surface area is 226 Å². The molecule has 0 amide bonds. The lowest BCUT2D eigenvalue weighted by Crippen LogP contribution is -2.33. The fourth-order valence-electron chi connectivity index (χ4n) is 4.70. The molecule has 0 aliphatic carbocycles.